The van der Waals surface area contributed by atoms with Gasteiger partial charge in [-0.2, -0.15) is 0 Å². The molecule has 13 heteroatoms. The van der Waals surface area contributed by atoms with E-state index in [1.54, 1.807) is 0 Å². The quantitative estimate of drug-likeness (QED) is 0.199. The summed E-state index contributed by atoms with van der Waals surface area (Å²) < 4.78 is 21.1. The van der Waals surface area contributed by atoms with Gasteiger partial charge in [0.05, 0.1) is 63.1 Å². The van der Waals surface area contributed by atoms with Crippen molar-refractivity contribution in [3.63, 3.8) is 0 Å². The first-order valence-electron chi connectivity index (χ1n) is 11.6. The molecule has 0 radical (unpaired) electrons. The van der Waals surface area contributed by atoms with Gasteiger partial charge in [0.2, 0.25) is 17.7 Å². The van der Waals surface area contributed by atoms with Gasteiger partial charge in [0.1, 0.15) is 12.6 Å². The topological polar surface area (TPSA) is 176 Å². The molecular formula is C23H30N4O9. The average molecular weight is 507 g/mol. The zero-order valence-corrected chi connectivity index (χ0v) is 19.8. The highest BCUT2D eigenvalue weighted by molar-refractivity contribution is 6.26. The van der Waals surface area contributed by atoms with Crippen LogP contribution in [0.5, 0.6) is 0 Å². The van der Waals surface area contributed by atoms with E-state index < -0.39 is 35.6 Å². The highest BCUT2D eigenvalue weighted by Crippen LogP contribution is 2.32. The van der Waals surface area contributed by atoms with Gasteiger partial charge in [-0.25, -0.2) is 0 Å². The van der Waals surface area contributed by atoms with Crippen LogP contribution in [0.2, 0.25) is 0 Å². The number of piperidine rings is 1. The molecule has 1 atom stereocenters. The van der Waals surface area contributed by atoms with Crippen molar-refractivity contribution < 1.29 is 42.9 Å². The molecule has 196 valence electrons. The van der Waals surface area contributed by atoms with Crippen molar-refractivity contribution in [1.29, 1.82) is 0 Å². The molecule has 4 N–H and O–H groups in total. The molecule has 0 saturated carbocycles. The van der Waals surface area contributed by atoms with Gasteiger partial charge in [-0.1, -0.05) is 6.07 Å². The molecule has 1 saturated heterocycles. The van der Waals surface area contributed by atoms with E-state index in [-0.39, 0.29) is 49.5 Å². The Hall–Kier alpha value is -3.23. The zero-order valence-electron chi connectivity index (χ0n) is 19.8. The van der Waals surface area contributed by atoms with Crippen molar-refractivity contribution in [1.82, 2.24) is 10.2 Å². The number of anilines is 1. The summed E-state index contributed by atoms with van der Waals surface area (Å²) in [4.78, 5) is 62.6. The Kier molecular flexibility index (Phi) is 10.5. The van der Waals surface area contributed by atoms with Crippen LogP contribution in [0.4, 0.5) is 5.69 Å². The highest BCUT2D eigenvalue weighted by Gasteiger charge is 2.45. The first-order chi connectivity index (χ1) is 17.4. The number of ether oxygens (including phenoxy) is 4. The third kappa shape index (κ3) is 7.15. The van der Waals surface area contributed by atoms with Gasteiger partial charge in [0.15, 0.2) is 0 Å². The number of hydrogen-bond acceptors (Lipinski definition) is 10. The Labute approximate surface area is 207 Å². The molecule has 0 aliphatic carbocycles. The molecule has 3 rings (SSSR count). The van der Waals surface area contributed by atoms with Crippen LogP contribution in [0.3, 0.4) is 0 Å². The SMILES string of the molecule is NCCOCCOCCOCCOCC(=O)Nc1cccc2c1C(=O)N(C1CCC(=O)NC1=O)C2=O. The fourth-order valence-corrected chi connectivity index (χ4v) is 3.71. The Balaban J connectivity index is 1.41. The summed E-state index contributed by atoms with van der Waals surface area (Å²) in [6.45, 7) is 2.77. The predicted molar refractivity (Wildman–Crippen MR) is 124 cm³/mol. The molecule has 1 unspecified atom stereocenters. The Bertz CT molecular complexity index is 984. The average Bonchev–Trinajstić information content (AvgIpc) is 3.10. The number of benzene rings is 1. The maximum absolute atomic E-state index is 13.0. The molecule has 2 aliphatic rings. The normalized spacial score (nSPS) is 17.4. The minimum absolute atomic E-state index is 0.00249. The lowest BCUT2D eigenvalue weighted by Crippen LogP contribution is -2.54. The van der Waals surface area contributed by atoms with E-state index in [1.807, 2.05) is 0 Å². The van der Waals surface area contributed by atoms with E-state index in [4.69, 9.17) is 24.7 Å². The number of fused-ring (bicyclic) bond motifs is 1. The maximum Gasteiger partial charge on any atom is 0.264 e. The summed E-state index contributed by atoms with van der Waals surface area (Å²) in [5, 5.41) is 4.72. The number of nitrogens with one attached hydrogen (secondary N) is 2. The number of nitrogens with zero attached hydrogens (tertiary/aromatic N) is 1. The van der Waals surface area contributed by atoms with Crippen LogP contribution in [0.1, 0.15) is 33.6 Å². The number of carbonyl (C=O) groups is 5. The number of imide groups is 2. The van der Waals surface area contributed by atoms with Gasteiger partial charge in [-0.05, 0) is 18.6 Å². The van der Waals surface area contributed by atoms with Crippen molar-refractivity contribution in [2.45, 2.75) is 18.9 Å². The van der Waals surface area contributed by atoms with Crippen LogP contribution in [-0.2, 0) is 33.3 Å². The first kappa shape index (κ1) is 27.4. The summed E-state index contributed by atoms with van der Waals surface area (Å²) in [5.74, 6) is -3.04. The van der Waals surface area contributed by atoms with E-state index in [0.717, 1.165) is 4.90 Å². The minimum Gasteiger partial charge on any atom is -0.378 e. The first-order valence-corrected chi connectivity index (χ1v) is 11.6. The monoisotopic (exact) mass is 506 g/mol. The summed E-state index contributed by atoms with van der Waals surface area (Å²) >= 11 is 0. The zero-order chi connectivity index (χ0) is 25.9. The van der Waals surface area contributed by atoms with Crippen LogP contribution >= 0.6 is 0 Å². The van der Waals surface area contributed by atoms with Gasteiger partial charge in [-0.3, -0.25) is 34.2 Å². The Morgan fingerprint density at radius 3 is 2.22 bits per heavy atom. The molecule has 2 heterocycles. The van der Waals surface area contributed by atoms with E-state index in [1.165, 1.54) is 18.2 Å². The standard InChI is InChI=1S/C23H30N4O9/c24-6-7-33-8-9-34-10-11-35-12-13-36-14-19(29)25-16-3-1-2-15-20(16)23(32)27(22(15)31)17-4-5-18(28)26-21(17)30/h1-3,17H,4-14,24H2,(H,25,29)(H,26,28,30). The number of nitrogens with two attached hydrogens (primary N) is 1. The summed E-state index contributed by atoms with van der Waals surface area (Å²) in [5.41, 5.74) is 5.51. The molecule has 5 amide bonds. The molecule has 1 aromatic rings. The van der Waals surface area contributed by atoms with Crippen LogP contribution in [0.25, 0.3) is 0 Å². The van der Waals surface area contributed by atoms with Crippen LogP contribution in [0.15, 0.2) is 18.2 Å². The minimum atomic E-state index is -1.09. The van der Waals surface area contributed by atoms with Gasteiger partial charge < -0.3 is 30.0 Å². The summed E-state index contributed by atoms with van der Waals surface area (Å²) in [6, 6.07) is 3.37. The second-order valence-corrected chi connectivity index (χ2v) is 7.90. The molecule has 2 aliphatic heterocycles. The predicted octanol–water partition coefficient (Wildman–Crippen LogP) is -0.949. The fourth-order valence-electron chi connectivity index (χ4n) is 3.71. The lowest BCUT2D eigenvalue weighted by atomic mass is 10.0. The molecule has 36 heavy (non-hydrogen) atoms. The molecule has 1 fully saturated rings. The van der Waals surface area contributed by atoms with Crippen molar-refractivity contribution in [3.05, 3.63) is 29.3 Å². The molecule has 0 spiro atoms. The fraction of sp³-hybridized carbons (Fsp3) is 0.522. The molecule has 0 bridgehead atoms. The Morgan fingerprint density at radius 1 is 0.944 bits per heavy atom. The third-order valence-corrected chi connectivity index (χ3v) is 5.35. The second kappa shape index (κ2) is 13.8. The van der Waals surface area contributed by atoms with Gasteiger partial charge in [-0.15, -0.1) is 0 Å². The lowest BCUT2D eigenvalue weighted by molar-refractivity contribution is -0.136. The van der Waals surface area contributed by atoms with Gasteiger partial charge >= 0.3 is 0 Å². The molecule has 13 nitrogen and oxygen atoms in total. The number of carbonyl (C=O) groups excluding carboxylic acids is 5. The Morgan fingerprint density at radius 2 is 1.58 bits per heavy atom. The van der Waals surface area contributed by atoms with Gasteiger partial charge in [0.25, 0.3) is 11.8 Å². The van der Waals surface area contributed by atoms with Gasteiger partial charge in [0, 0.05) is 13.0 Å². The molecule has 0 aromatic heterocycles. The molecular weight excluding hydrogens is 476 g/mol. The van der Waals surface area contributed by atoms with Crippen LogP contribution in [0, 0.1) is 0 Å². The summed E-state index contributed by atoms with van der Waals surface area (Å²) in [7, 11) is 0. The van der Waals surface area contributed by atoms with Crippen molar-refractivity contribution in [2.24, 2.45) is 5.73 Å². The third-order valence-electron chi connectivity index (χ3n) is 5.35. The number of amides is 5. The van der Waals surface area contributed by atoms with Crippen molar-refractivity contribution >= 4 is 35.2 Å². The van der Waals surface area contributed by atoms with E-state index in [0.29, 0.717) is 39.6 Å². The smallest absolute Gasteiger partial charge is 0.264 e. The van der Waals surface area contributed by atoms with Crippen molar-refractivity contribution in [3.8, 4) is 0 Å². The van der Waals surface area contributed by atoms with Crippen molar-refractivity contribution in [2.75, 3.05) is 64.7 Å². The van der Waals surface area contributed by atoms with Crippen LogP contribution in [-0.4, -0.2) is 99.9 Å². The summed E-state index contributed by atoms with van der Waals surface area (Å²) in [6.07, 6.45) is 0.0642. The molecule has 1 aromatic carbocycles. The lowest BCUT2D eigenvalue weighted by Gasteiger charge is -2.27. The highest BCUT2D eigenvalue weighted by atomic mass is 16.6. The second-order valence-electron chi connectivity index (χ2n) is 7.90. The van der Waals surface area contributed by atoms with E-state index >= 15 is 0 Å². The number of rotatable bonds is 15. The van der Waals surface area contributed by atoms with E-state index in [9.17, 15) is 24.0 Å². The largest absolute Gasteiger partial charge is 0.378 e. The van der Waals surface area contributed by atoms with Crippen LogP contribution < -0.4 is 16.4 Å². The van der Waals surface area contributed by atoms with E-state index in [2.05, 4.69) is 10.6 Å². The number of hydrogen-bond donors (Lipinski definition) is 3. The maximum atomic E-state index is 13.0.